The Balaban J connectivity index is 1.16. The average molecular weight is 572 g/mol. The van der Waals surface area contributed by atoms with Crippen LogP contribution in [0.2, 0.25) is 0 Å². The summed E-state index contributed by atoms with van der Waals surface area (Å²) >= 11 is 0. The number of halogens is 2. The maximum atomic E-state index is 15.8. The fourth-order valence-corrected chi connectivity index (χ4v) is 5.43. The molecular weight excluding hydrogens is 544 g/mol. The van der Waals surface area contributed by atoms with E-state index in [1.807, 2.05) is 18.2 Å². The number of fused-ring (bicyclic) bond motifs is 3. The maximum Gasteiger partial charge on any atom is 0.333 e. The lowest BCUT2D eigenvalue weighted by Crippen LogP contribution is -2.42. The summed E-state index contributed by atoms with van der Waals surface area (Å²) in [5.74, 6) is -4.00. The zero-order valence-electron chi connectivity index (χ0n) is 22.5. The van der Waals surface area contributed by atoms with Crippen molar-refractivity contribution >= 4 is 28.1 Å². The minimum absolute atomic E-state index is 0.0296. The van der Waals surface area contributed by atoms with Crippen LogP contribution in [0.4, 0.5) is 14.5 Å². The molecule has 2 aliphatic rings. The van der Waals surface area contributed by atoms with Gasteiger partial charge < -0.3 is 19.7 Å². The summed E-state index contributed by atoms with van der Waals surface area (Å²) < 4.78 is 44.1. The number of aryl methyl sites for hydroxylation is 1. The number of hydrogen-bond donors (Lipinski definition) is 1. The number of anilines is 1. The standard InChI is InChI=1S/C30H27F2N7O3/c31-30(32,22-5-6-23-19(17-22)2-1-11-34-23)29-36-35-26-9-7-24(37-39(26)29)20-3-8-25-21(16-20)4-10-27(40)38(25)13-15-42-28-18-33-12-14-41-28/h1-3,5-9,11,16-17,28,33H,4,10,12-15,18H2. The molecule has 1 amide bonds. The van der Waals surface area contributed by atoms with Crippen LogP contribution in [0, 0.1) is 0 Å². The van der Waals surface area contributed by atoms with Crippen molar-refractivity contribution in [3.05, 3.63) is 83.8 Å². The first kappa shape index (κ1) is 26.5. The van der Waals surface area contributed by atoms with Crippen LogP contribution >= 0.6 is 0 Å². The van der Waals surface area contributed by atoms with Gasteiger partial charge in [-0.05, 0) is 54.4 Å². The fourth-order valence-electron chi connectivity index (χ4n) is 5.43. The molecule has 10 nitrogen and oxygen atoms in total. The summed E-state index contributed by atoms with van der Waals surface area (Å²) in [6.45, 7) is 2.75. The number of aromatic nitrogens is 5. The van der Waals surface area contributed by atoms with Crippen LogP contribution in [0.5, 0.6) is 0 Å². The first-order chi connectivity index (χ1) is 20.5. The van der Waals surface area contributed by atoms with Gasteiger partial charge in [0, 0.05) is 54.5 Å². The number of pyridine rings is 1. The normalized spacial score (nSPS) is 17.6. The van der Waals surface area contributed by atoms with Crippen LogP contribution in [0.1, 0.15) is 23.4 Å². The Morgan fingerprint density at radius 1 is 1.07 bits per heavy atom. The first-order valence-electron chi connectivity index (χ1n) is 13.8. The topological polar surface area (TPSA) is 107 Å². The van der Waals surface area contributed by atoms with Crippen LogP contribution in [0.25, 0.3) is 27.8 Å². The second-order valence-corrected chi connectivity index (χ2v) is 10.3. The van der Waals surface area contributed by atoms with Gasteiger partial charge in [0.05, 0.1) is 24.4 Å². The minimum atomic E-state index is -3.45. The predicted octanol–water partition coefficient (Wildman–Crippen LogP) is 3.72. The van der Waals surface area contributed by atoms with E-state index in [2.05, 4.69) is 25.6 Å². The highest BCUT2D eigenvalue weighted by atomic mass is 19.3. The number of hydrogen-bond acceptors (Lipinski definition) is 8. The molecule has 0 spiro atoms. The van der Waals surface area contributed by atoms with E-state index in [9.17, 15) is 4.79 Å². The van der Waals surface area contributed by atoms with Crippen LogP contribution in [-0.2, 0) is 26.6 Å². The maximum absolute atomic E-state index is 15.8. The van der Waals surface area contributed by atoms with E-state index in [4.69, 9.17) is 9.47 Å². The third-order valence-electron chi connectivity index (χ3n) is 7.60. The van der Waals surface area contributed by atoms with Crippen molar-refractivity contribution < 1.29 is 23.0 Å². The molecule has 1 fully saturated rings. The molecule has 12 heteroatoms. The largest absolute Gasteiger partial charge is 0.350 e. The van der Waals surface area contributed by atoms with E-state index in [1.54, 1.807) is 41.4 Å². The Bertz CT molecular complexity index is 1790. The van der Waals surface area contributed by atoms with Gasteiger partial charge in [0.25, 0.3) is 0 Å². The number of nitrogens with zero attached hydrogens (tertiary/aromatic N) is 6. The van der Waals surface area contributed by atoms with Crippen LogP contribution < -0.4 is 10.2 Å². The number of amides is 1. The smallest absolute Gasteiger partial charge is 0.333 e. The Hall–Kier alpha value is -4.39. The fraction of sp³-hybridized carbons (Fsp3) is 0.300. The zero-order valence-corrected chi connectivity index (χ0v) is 22.5. The molecule has 0 saturated carbocycles. The van der Waals surface area contributed by atoms with Gasteiger partial charge in [-0.2, -0.15) is 18.4 Å². The molecule has 1 N–H and O–H groups in total. The monoisotopic (exact) mass is 571 g/mol. The molecule has 42 heavy (non-hydrogen) atoms. The summed E-state index contributed by atoms with van der Waals surface area (Å²) in [7, 11) is 0. The lowest BCUT2D eigenvalue weighted by molar-refractivity contribution is -0.151. The van der Waals surface area contributed by atoms with Crippen LogP contribution in [0.15, 0.2) is 66.9 Å². The van der Waals surface area contributed by atoms with E-state index in [1.165, 1.54) is 12.1 Å². The molecule has 3 aromatic heterocycles. The average Bonchev–Trinajstić information content (AvgIpc) is 3.46. The van der Waals surface area contributed by atoms with Crippen molar-refractivity contribution in [3.8, 4) is 11.3 Å². The summed E-state index contributed by atoms with van der Waals surface area (Å²) in [4.78, 5) is 18.7. The van der Waals surface area contributed by atoms with Gasteiger partial charge in [-0.25, -0.2) is 0 Å². The molecule has 1 atom stereocenters. The number of benzene rings is 2. The highest BCUT2D eigenvalue weighted by Gasteiger charge is 2.40. The molecule has 0 bridgehead atoms. The molecule has 7 rings (SSSR count). The molecule has 0 aliphatic carbocycles. The molecule has 2 aromatic carbocycles. The van der Waals surface area contributed by atoms with E-state index in [0.29, 0.717) is 55.7 Å². The number of morpholine rings is 1. The molecule has 1 unspecified atom stereocenters. The summed E-state index contributed by atoms with van der Waals surface area (Å²) in [6, 6.07) is 16.8. The third-order valence-corrected chi connectivity index (χ3v) is 7.60. The predicted molar refractivity (Wildman–Crippen MR) is 150 cm³/mol. The second-order valence-electron chi connectivity index (χ2n) is 10.3. The molecule has 1 saturated heterocycles. The van der Waals surface area contributed by atoms with Gasteiger partial charge in [-0.15, -0.1) is 10.2 Å². The second kappa shape index (κ2) is 10.8. The Kier molecular flexibility index (Phi) is 6.81. The number of nitrogens with one attached hydrogen (secondary N) is 1. The SMILES string of the molecule is O=C1CCc2cc(-c3ccc4nnc(C(F)(F)c5ccc6ncccc6c5)n4n3)ccc2N1CCOC1CNCCO1. The van der Waals surface area contributed by atoms with E-state index >= 15 is 8.78 Å². The van der Waals surface area contributed by atoms with Crippen molar-refractivity contribution in [1.82, 2.24) is 30.1 Å². The molecule has 2 aliphatic heterocycles. The lowest BCUT2D eigenvalue weighted by atomic mass is 9.97. The van der Waals surface area contributed by atoms with Crippen LogP contribution in [0.3, 0.4) is 0 Å². The molecule has 5 aromatic rings. The van der Waals surface area contributed by atoms with Crippen LogP contribution in [-0.4, -0.2) is 69.8 Å². The number of rotatable bonds is 7. The Morgan fingerprint density at radius 2 is 2.00 bits per heavy atom. The summed E-state index contributed by atoms with van der Waals surface area (Å²) in [5.41, 5.74) is 3.62. The Labute approximate surface area is 239 Å². The van der Waals surface area contributed by atoms with Crippen molar-refractivity contribution in [2.24, 2.45) is 0 Å². The van der Waals surface area contributed by atoms with Gasteiger partial charge in [0.15, 0.2) is 11.9 Å². The third kappa shape index (κ3) is 4.87. The molecule has 5 heterocycles. The minimum Gasteiger partial charge on any atom is -0.350 e. The first-order valence-corrected chi connectivity index (χ1v) is 13.8. The zero-order chi connectivity index (χ0) is 28.7. The van der Waals surface area contributed by atoms with E-state index in [-0.39, 0.29) is 23.4 Å². The summed E-state index contributed by atoms with van der Waals surface area (Å²) in [6.07, 6.45) is 2.24. The molecular formula is C30H27F2N7O3. The quantitative estimate of drug-likeness (QED) is 0.315. The van der Waals surface area contributed by atoms with Gasteiger partial charge in [-0.3, -0.25) is 9.78 Å². The Morgan fingerprint density at radius 3 is 2.88 bits per heavy atom. The van der Waals surface area contributed by atoms with Crippen molar-refractivity contribution in [2.45, 2.75) is 25.1 Å². The van der Waals surface area contributed by atoms with Crippen molar-refractivity contribution in [1.29, 1.82) is 0 Å². The van der Waals surface area contributed by atoms with Gasteiger partial charge in [-0.1, -0.05) is 18.2 Å². The molecule has 0 radical (unpaired) electrons. The van der Waals surface area contributed by atoms with Gasteiger partial charge >= 0.3 is 5.92 Å². The molecule has 214 valence electrons. The number of carbonyl (C=O) groups is 1. The van der Waals surface area contributed by atoms with E-state index in [0.717, 1.165) is 27.9 Å². The lowest BCUT2D eigenvalue weighted by Gasteiger charge is -2.31. The highest BCUT2D eigenvalue weighted by molar-refractivity contribution is 5.96. The van der Waals surface area contributed by atoms with Gasteiger partial charge in [0.2, 0.25) is 11.7 Å². The van der Waals surface area contributed by atoms with Crippen molar-refractivity contribution in [3.63, 3.8) is 0 Å². The van der Waals surface area contributed by atoms with E-state index < -0.39 is 11.7 Å². The number of carbonyl (C=O) groups excluding carboxylic acids is 1. The number of ether oxygens (including phenoxy) is 2. The number of alkyl halides is 2. The summed E-state index contributed by atoms with van der Waals surface area (Å²) in [5, 5.41) is 16.1. The highest BCUT2D eigenvalue weighted by Crippen LogP contribution is 2.36. The van der Waals surface area contributed by atoms with Crippen molar-refractivity contribution in [2.75, 3.05) is 37.7 Å². The van der Waals surface area contributed by atoms with Gasteiger partial charge in [0.1, 0.15) is 0 Å².